The molecule has 1 amide bonds. The molecule has 0 aliphatic carbocycles. The van der Waals surface area contributed by atoms with Gasteiger partial charge >= 0.3 is 0 Å². The zero-order chi connectivity index (χ0) is 15.1. The number of nitrogens with zero attached hydrogens (tertiary/aromatic N) is 1. The predicted molar refractivity (Wildman–Crippen MR) is 77.2 cm³/mol. The first-order valence-electron chi connectivity index (χ1n) is 6.62. The standard InChI is InChI=1S/C14H21N3O3/c1-10(2)8-13(14(18)15-3)16-9-11-4-6-12(7-5-11)17(19)20/h4-7,10,13,16H,8-9H2,1-3H3,(H,15,18). The van der Waals surface area contributed by atoms with Crippen molar-refractivity contribution in [3.63, 3.8) is 0 Å². The highest BCUT2D eigenvalue weighted by molar-refractivity contribution is 5.81. The minimum absolute atomic E-state index is 0.0411. The fourth-order valence-corrected chi connectivity index (χ4v) is 1.91. The minimum Gasteiger partial charge on any atom is -0.358 e. The third kappa shape index (κ3) is 4.97. The van der Waals surface area contributed by atoms with Crippen LogP contribution < -0.4 is 10.6 Å². The van der Waals surface area contributed by atoms with E-state index in [0.717, 1.165) is 12.0 Å². The average Bonchev–Trinajstić information content (AvgIpc) is 2.42. The number of nitro benzene ring substituents is 1. The quantitative estimate of drug-likeness (QED) is 0.589. The number of hydrogen-bond acceptors (Lipinski definition) is 4. The number of carbonyl (C=O) groups is 1. The van der Waals surface area contributed by atoms with E-state index in [-0.39, 0.29) is 17.6 Å². The maximum absolute atomic E-state index is 11.7. The maximum Gasteiger partial charge on any atom is 0.269 e. The molecule has 1 aromatic carbocycles. The Balaban J connectivity index is 2.62. The topological polar surface area (TPSA) is 84.3 Å². The molecule has 1 rings (SSSR count). The van der Waals surface area contributed by atoms with E-state index >= 15 is 0 Å². The van der Waals surface area contributed by atoms with E-state index in [1.807, 2.05) is 0 Å². The van der Waals surface area contributed by atoms with Gasteiger partial charge in [0.05, 0.1) is 11.0 Å². The van der Waals surface area contributed by atoms with Crippen LogP contribution in [-0.2, 0) is 11.3 Å². The zero-order valence-corrected chi connectivity index (χ0v) is 12.1. The molecule has 6 heteroatoms. The lowest BCUT2D eigenvalue weighted by Crippen LogP contribution is -2.43. The van der Waals surface area contributed by atoms with E-state index in [2.05, 4.69) is 24.5 Å². The van der Waals surface area contributed by atoms with Gasteiger partial charge in [0.25, 0.3) is 5.69 Å². The normalized spacial score (nSPS) is 12.2. The summed E-state index contributed by atoms with van der Waals surface area (Å²) >= 11 is 0. The van der Waals surface area contributed by atoms with Gasteiger partial charge in [-0.1, -0.05) is 26.0 Å². The molecule has 0 saturated heterocycles. The summed E-state index contributed by atoms with van der Waals surface area (Å²) in [6, 6.07) is 6.07. The molecule has 0 heterocycles. The van der Waals surface area contributed by atoms with Gasteiger partial charge in [0.1, 0.15) is 0 Å². The Kier molecular flexibility index (Phi) is 6.11. The van der Waals surface area contributed by atoms with E-state index in [9.17, 15) is 14.9 Å². The van der Waals surface area contributed by atoms with Crippen molar-refractivity contribution in [2.75, 3.05) is 7.05 Å². The van der Waals surface area contributed by atoms with E-state index in [4.69, 9.17) is 0 Å². The van der Waals surface area contributed by atoms with Gasteiger partial charge in [-0.25, -0.2) is 0 Å². The minimum atomic E-state index is -0.427. The van der Waals surface area contributed by atoms with Crippen molar-refractivity contribution in [2.24, 2.45) is 5.92 Å². The lowest BCUT2D eigenvalue weighted by Gasteiger charge is -2.19. The van der Waals surface area contributed by atoms with Gasteiger partial charge in [-0.2, -0.15) is 0 Å². The molecule has 0 aliphatic heterocycles. The van der Waals surface area contributed by atoms with E-state index in [1.54, 1.807) is 19.2 Å². The fourth-order valence-electron chi connectivity index (χ4n) is 1.91. The number of rotatable bonds is 7. The largest absolute Gasteiger partial charge is 0.358 e. The molecule has 1 aromatic rings. The molecule has 0 bridgehead atoms. The van der Waals surface area contributed by atoms with Crippen molar-refractivity contribution < 1.29 is 9.72 Å². The van der Waals surface area contributed by atoms with Crippen LogP contribution in [0.25, 0.3) is 0 Å². The molecule has 0 aromatic heterocycles. The smallest absolute Gasteiger partial charge is 0.269 e. The van der Waals surface area contributed by atoms with Crippen LogP contribution in [0.5, 0.6) is 0 Å². The number of hydrogen-bond donors (Lipinski definition) is 2. The third-order valence-electron chi connectivity index (χ3n) is 2.97. The number of carbonyl (C=O) groups excluding carboxylic acids is 1. The third-order valence-corrected chi connectivity index (χ3v) is 2.97. The number of amides is 1. The molecule has 0 fully saturated rings. The highest BCUT2D eigenvalue weighted by Gasteiger charge is 2.17. The second kappa shape index (κ2) is 7.59. The maximum atomic E-state index is 11.7. The molecule has 0 aliphatic rings. The van der Waals surface area contributed by atoms with Crippen LogP contribution >= 0.6 is 0 Å². The van der Waals surface area contributed by atoms with Gasteiger partial charge in [0.2, 0.25) is 5.91 Å². The molecule has 110 valence electrons. The lowest BCUT2D eigenvalue weighted by atomic mass is 10.0. The molecular formula is C14H21N3O3. The lowest BCUT2D eigenvalue weighted by molar-refractivity contribution is -0.384. The van der Waals surface area contributed by atoms with Gasteiger partial charge in [0, 0.05) is 25.7 Å². The SMILES string of the molecule is CNC(=O)C(CC(C)C)NCc1ccc([N+](=O)[O-])cc1. The highest BCUT2D eigenvalue weighted by atomic mass is 16.6. The molecule has 20 heavy (non-hydrogen) atoms. The fraction of sp³-hybridized carbons (Fsp3) is 0.500. The Bertz CT molecular complexity index is 457. The molecule has 0 spiro atoms. The van der Waals surface area contributed by atoms with Crippen LogP contribution in [0.15, 0.2) is 24.3 Å². The van der Waals surface area contributed by atoms with Crippen molar-refractivity contribution in [3.8, 4) is 0 Å². The van der Waals surface area contributed by atoms with Crippen LogP contribution in [0.1, 0.15) is 25.8 Å². The van der Waals surface area contributed by atoms with Crippen molar-refractivity contribution in [1.82, 2.24) is 10.6 Å². The summed E-state index contributed by atoms with van der Waals surface area (Å²) < 4.78 is 0. The summed E-state index contributed by atoms with van der Waals surface area (Å²) in [6.07, 6.45) is 0.743. The number of non-ortho nitro benzene ring substituents is 1. The van der Waals surface area contributed by atoms with Crippen LogP contribution in [0.4, 0.5) is 5.69 Å². The first-order chi connectivity index (χ1) is 9.43. The number of nitrogens with one attached hydrogen (secondary N) is 2. The molecular weight excluding hydrogens is 258 g/mol. The second-order valence-electron chi connectivity index (χ2n) is 5.10. The summed E-state index contributed by atoms with van der Waals surface area (Å²) in [5, 5.41) is 16.4. The first kappa shape index (κ1) is 16.1. The summed E-state index contributed by atoms with van der Waals surface area (Å²) in [6.45, 7) is 4.62. The van der Waals surface area contributed by atoms with Crippen molar-refractivity contribution in [2.45, 2.75) is 32.9 Å². The Labute approximate surface area is 118 Å². The Morgan fingerprint density at radius 2 is 1.90 bits per heavy atom. The Morgan fingerprint density at radius 1 is 1.30 bits per heavy atom. The molecule has 1 unspecified atom stereocenters. The number of likely N-dealkylation sites (N-methyl/N-ethyl adjacent to an activating group) is 1. The van der Waals surface area contributed by atoms with Gasteiger partial charge in [-0.05, 0) is 17.9 Å². The second-order valence-corrected chi connectivity index (χ2v) is 5.10. The Morgan fingerprint density at radius 3 is 2.35 bits per heavy atom. The van der Waals surface area contributed by atoms with Gasteiger partial charge in [0.15, 0.2) is 0 Å². The van der Waals surface area contributed by atoms with Gasteiger partial charge in [-0.3, -0.25) is 14.9 Å². The summed E-state index contributed by atoms with van der Waals surface area (Å²) in [4.78, 5) is 21.9. The molecule has 1 atom stereocenters. The van der Waals surface area contributed by atoms with E-state index in [0.29, 0.717) is 12.5 Å². The summed E-state index contributed by atoms with van der Waals surface area (Å²) in [5.41, 5.74) is 0.979. The van der Waals surface area contributed by atoms with E-state index in [1.165, 1.54) is 12.1 Å². The Hall–Kier alpha value is -1.95. The molecule has 0 saturated carbocycles. The van der Waals surface area contributed by atoms with Crippen LogP contribution in [-0.4, -0.2) is 23.9 Å². The van der Waals surface area contributed by atoms with Crippen molar-refractivity contribution in [3.05, 3.63) is 39.9 Å². The van der Waals surface area contributed by atoms with Crippen molar-refractivity contribution in [1.29, 1.82) is 0 Å². The van der Waals surface area contributed by atoms with Gasteiger partial charge < -0.3 is 10.6 Å². The predicted octanol–water partition coefficient (Wildman–Crippen LogP) is 1.85. The number of nitro groups is 1. The highest BCUT2D eigenvalue weighted by Crippen LogP contribution is 2.12. The summed E-state index contributed by atoms with van der Waals surface area (Å²) in [7, 11) is 1.61. The van der Waals surface area contributed by atoms with Crippen molar-refractivity contribution >= 4 is 11.6 Å². The van der Waals surface area contributed by atoms with Crippen LogP contribution in [0, 0.1) is 16.0 Å². The molecule has 2 N–H and O–H groups in total. The van der Waals surface area contributed by atoms with E-state index < -0.39 is 4.92 Å². The summed E-state index contributed by atoms with van der Waals surface area (Å²) in [5.74, 6) is 0.363. The van der Waals surface area contributed by atoms with Gasteiger partial charge in [-0.15, -0.1) is 0 Å². The van der Waals surface area contributed by atoms with Crippen LogP contribution in [0.3, 0.4) is 0 Å². The molecule has 6 nitrogen and oxygen atoms in total. The van der Waals surface area contributed by atoms with Crippen LogP contribution in [0.2, 0.25) is 0 Å². The number of benzene rings is 1. The zero-order valence-electron chi connectivity index (χ0n) is 12.1. The average molecular weight is 279 g/mol. The monoisotopic (exact) mass is 279 g/mol. The first-order valence-corrected chi connectivity index (χ1v) is 6.62. The molecule has 0 radical (unpaired) electrons.